The number of esters is 3. The number of fused-ring (bicyclic) bond motifs is 3. The summed E-state index contributed by atoms with van der Waals surface area (Å²) >= 11 is 0. The van der Waals surface area contributed by atoms with Crippen LogP contribution >= 0.6 is 12.4 Å². The second-order valence-electron chi connectivity index (χ2n) is 7.99. The van der Waals surface area contributed by atoms with Crippen molar-refractivity contribution in [2.45, 2.75) is 43.9 Å². The number of hydrogen-bond acceptors (Lipinski definition) is 7. The van der Waals surface area contributed by atoms with Crippen LogP contribution in [0.2, 0.25) is 0 Å². The Hall–Kier alpha value is -2.58. The topological polar surface area (TPSA) is 97.9 Å². The maximum Gasteiger partial charge on any atom is 0.340 e. The van der Waals surface area contributed by atoms with E-state index in [1.54, 1.807) is 6.20 Å². The van der Waals surface area contributed by atoms with E-state index in [4.69, 9.17) is 14.2 Å². The Balaban J connectivity index is 0.00000272. The SMILES string of the molecule is COC(=O)CN1C2CC(OC(=O)c3c[nH]c4ccccc34)CC1CC(C(=O)OC)C2.Cl. The zero-order valence-corrected chi connectivity index (χ0v) is 18.4. The molecule has 0 radical (unpaired) electrons. The standard InChI is InChI=1S/C22H26N2O6.ClH/c1-28-20(25)12-24-14-7-13(21(26)29-2)8-15(24)10-16(9-14)30-22(27)18-11-23-19-6-4-3-5-17(18)19;/h3-6,11,13-16,23H,7-10,12H2,1-2H3;1H. The van der Waals surface area contributed by atoms with E-state index in [9.17, 15) is 14.4 Å². The fourth-order valence-electron chi connectivity index (χ4n) is 4.87. The number of benzene rings is 1. The van der Waals surface area contributed by atoms with Crippen LogP contribution < -0.4 is 0 Å². The minimum Gasteiger partial charge on any atom is -0.469 e. The molecule has 0 aliphatic carbocycles. The highest BCUT2D eigenvalue weighted by molar-refractivity contribution is 6.04. The summed E-state index contributed by atoms with van der Waals surface area (Å²) in [5, 5.41) is 0.830. The number of nitrogens with zero attached hydrogens (tertiary/aromatic N) is 1. The number of rotatable bonds is 5. The summed E-state index contributed by atoms with van der Waals surface area (Å²) in [6, 6.07) is 7.48. The average molecular weight is 451 g/mol. The van der Waals surface area contributed by atoms with E-state index in [-0.39, 0.29) is 61.0 Å². The molecule has 4 rings (SSSR count). The number of aromatic nitrogens is 1. The van der Waals surface area contributed by atoms with Crippen LogP contribution in [-0.2, 0) is 23.8 Å². The highest BCUT2D eigenvalue weighted by atomic mass is 35.5. The molecule has 2 fully saturated rings. The number of carbonyl (C=O) groups is 3. The first-order valence-electron chi connectivity index (χ1n) is 10.2. The molecule has 31 heavy (non-hydrogen) atoms. The van der Waals surface area contributed by atoms with E-state index in [0.29, 0.717) is 31.2 Å². The molecule has 1 aromatic heterocycles. The van der Waals surface area contributed by atoms with Gasteiger partial charge in [-0.15, -0.1) is 12.4 Å². The van der Waals surface area contributed by atoms with Gasteiger partial charge in [-0.05, 0) is 18.9 Å². The number of ether oxygens (including phenoxy) is 3. The number of nitrogens with one attached hydrogen (secondary N) is 1. The number of methoxy groups -OCH3 is 2. The van der Waals surface area contributed by atoms with Crippen LogP contribution in [0.25, 0.3) is 10.9 Å². The third-order valence-electron chi connectivity index (χ3n) is 6.28. The van der Waals surface area contributed by atoms with Crippen LogP contribution in [0.1, 0.15) is 36.0 Å². The highest BCUT2D eigenvalue weighted by Crippen LogP contribution is 2.39. The molecule has 2 bridgehead atoms. The molecule has 1 N–H and O–H groups in total. The summed E-state index contributed by atoms with van der Waals surface area (Å²) in [6.45, 7) is 0.169. The zero-order valence-electron chi connectivity index (χ0n) is 17.5. The molecule has 0 spiro atoms. The van der Waals surface area contributed by atoms with Crippen molar-refractivity contribution in [3.63, 3.8) is 0 Å². The number of piperidine rings is 2. The summed E-state index contributed by atoms with van der Waals surface area (Å²) in [4.78, 5) is 42.0. The van der Waals surface area contributed by atoms with Gasteiger partial charge in [0.1, 0.15) is 6.10 Å². The van der Waals surface area contributed by atoms with Gasteiger partial charge in [0.15, 0.2) is 0 Å². The third kappa shape index (κ3) is 4.70. The van der Waals surface area contributed by atoms with Gasteiger partial charge < -0.3 is 19.2 Å². The Labute approximate surface area is 186 Å². The fraction of sp³-hybridized carbons (Fsp3) is 0.500. The molecule has 2 aliphatic rings. The lowest BCUT2D eigenvalue weighted by Crippen LogP contribution is -2.58. The summed E-state index contributed by atoms with van der Waals surface area (Å²) < 4.78 is 15.6. The minimum absolute atomic E-state index is 0. The molecule has 0 saturated carbocycles. The predicted molar refractivity (Wildman–Crippen MR) is 115 cm³/mol. The Morgan fingerprint density at radius 2 is 1.71 bits per heavy atom. The number of H-pyrrole nitrogens is 1. The first-order valence-corrected chi connectivity index (χ1v) is 10.2. The van der Waals surface area contributed by atoms with E-state index in [1.807, 2.05) is 24.3 Å². The fourth-order valence-corrected chi connectivity index (χ4v) is 4.87. The molecule has 2 unspecified atom stereocenters. The first kappa shape index (κ1) is 23.1. The third-order valence-corrected chi connectivity index (χ3v) is 6.28. The van der Waals surface area contributed by atoms with E-state index < -0.39 is 0 Å². The molecule has 2 aromatic rings. The summed E-state index contributed by atoms with van der Waals surface area (Å²) in [5.74, 6) is -1.10. The van der Waals surface area contributed by atoms with Gasteiger partial charge in [0.05, 0.1) is 32.2 Å². The van der Waals surface area contributed by atoms with Crippen LogP contribution in [0.4, 0.5) is 0 Å². The molecule has 3 heterocycles. The molecule has 9 heteroatoms. The Bertz CT molecular complexity index is 944. The number of hydrogen-bond donors (Lipinski definition) is 1. The van der Waals surface area contributed by atoms with Crippen molar-refractivity contribution in [2.75, 3.05) is 20.8 Å². The van der Waals surface area contributed by atoms with E-state index in [2.05, 4.69) is 9.88 Å². The average Bonchev–Trinajstić information content (AvgIpc) is 3.17. The molecule has 0 amide bonds. The molecular weight excluding hydrogens is 424 g/mol. The van der Waals surface area contributed by atoms with Crippen molar-refractivity contribution in [2.24, 2.45) is 5.92 Å². The Morgan fingerprint density at radius 1 is 1.03 bits per heavy atom. The zero-order chi connectivity index (χ0) is 21.3. The lowest BCUT2D eigenvalue weighted by Gasteiger charge is -2.49. The normalized spacial score (nSPS) is 25.4. The number of para-hydroxylation sites is 1. The monoisotopic (exact) mass is 450 g/mol. The maximum absolute atomic E-state index is 12.8. The van der Waals surface area contributed by atoms with Crippen LogP contribution in [0.5, 0.6) is 0 Å². The molecule has 2 saturated heterocycles. The van der Waals surface area contributed by atoms with Crippen molar-refractivity contribution in [1.82, 2.24) is 9.88 Å². The highest BCUT2D eigenvalue weighted by Gasteiger charge is 2.45. The smallest absolute Gasteiger partial charge is 0.340 e. The Morgan fingerprint density at radius 3 is 2.35 bits per heavy atom. The summed E-state index contributed by atoms with van der Waals surface area (Å²) in [6.07, 6.45) is 3.67. The van der Waals surface area contributed by atoms with Crippen molar-refractivity contribution >= 4 is 41.2 Å². The number of carbonyl (C=O) groups excluding carboxylic acids is 3. The second kappa shape index (κ2) is 9.70. The van der Waals surface area contributed by atoms with Gasteiger partial charge in [-0.25, -0.2) is 4.79 Å². The summed E-state index contributed by atoms with van der Waals surface area (Å²) in [7, 11) is 2.76. The van der Waals surface area contributed by atoms with Gasteiger partial charge in [0, 0.05) is 42.0 Å². The molecule has 1 aromatic carbocycles. The van der Waals surface area contributed by atoms with Gasteiger partial charge in [0.2, 0.25) is 0 Å². The van der Waals surface area contributed by atoms with E-state index in [0.717, 1.165) is 10.9 Å². The van der Waals surface area contributed by atoms with Crippen LogP contribution in [0.15, 0.2) is 30.5 Å². The second-order valence-corrected chi connectivity index (χ2v) is 7.99. The lowest BCUT2D eigenvalue weighted by molar-refractivity contribution is -0.154. The van der Waals surface area contributed by atoms with Crippen molar-refractivity contribution in [1.29, 1.82) is 0 Å². The van der Waals surface area contributed by atoms with Crippen LogP contribution in [0, 0.1) is 5.92 Å². The molecule has 2 aliphatic heterocycles. The van der Waals surface area contributed by atoms with Gasteiger partial charge in [-0.2, -0.15) is 0 Å². The minimum atomic E-state index is -0.360. The molecule has 168 valence electrons. The van der Waals surface area contributed by atoms with Crippen molar-refractivity contribution < 1.29 is 28.6 Å². The predicted octanol–water partition coefficient (Wildman–Crippen LogP) is 2.70. The van der Waals surface area contributed by atoms with E-state index >= 15 is 0 Å². The Kier molecular flexibility index (Phi) is 7.23. The van der Waals surface area contributed by atoms with Gasteiger partial charge >= 0.3 is 17.9 Å². The molecule has 8 nitrogen and oxygen atoms in total. The largest absolute Gasteiger partial charge is 0.469 e. The van der Waals surface area contributed by atoms with Gasteiger partial charge in [-0.3, -0.25) is 14.5 Å². The van der Waals surface area contributed by atoms with Crippen LogP contribution in [0.3, 0.4) is 0 Å². The van der Waals surface area contributed by atoms with Crippen LogP contribution in [-0.4, -0.2) is 66.7 Å². The first-order chi connectivity index (χ1) is 14.5. The van der Waals surface area contributed by atoms with Gasteiger partial charge in [0.25, 0.3) is 0 Å². The summed E-state index contributed by atoms with van der Waals surface area (Å²) in [5.41, 5.74) is 1.40. The maximum atomic E-state index is 12.8. The number of aromatic amines is 1. The van der Waals surface area contributed by atoms with Crippen molar-refractivity contribution in [3.05, 3.63) is 36.0 Å². The quantitative estimate of drug-likeness (QED) is 0.552. The molecule has 2 atom stereocenters. The van der Waals surface area contributed by atoms with E-state index in [1.165, 1.54) is 14.2 Å². The number of halogens is 1. The lowest BCUT2D eigenvalue weighted by atomic mass is 9.77. The van der Waals surface area contributed by atoms with Crippen molar-refractivity contribution in [3.8, 4) is 0 Å². The van der Waals surface area contributed by atoms with Gasteiger partial charge in [-0.1, -0.05) is 18.2 Å². The molecular formula is C22H27ClN2O6.